The largest absolute Gasteiger partial charge is 0.394 e. The number of hydrogen-bond acceptors (Lipinski definition) is 6. The summed E-state index contributed by atoms with van der Waals surface area (Å²) in [5, 5.41) is 44.7. The van der Waals surface area contributed by atoms with E-state index in [1.807, 2.05) is 0 Å². The Kier molecular flexibility index (Phi) is 2.99. The number of aliphatic hydroxyl groups excluding tert-OH is 5. The molecule has 5 atom stereocenters. The quantitative estimate of drug-likeness (QED) is 0.292. The van der Waals surface area contributed by atoms with Gasteiger partial charge in [0.05, 0.1) is 6.61 Å². The highest BCUT2D eigenvalue weighted by atomic mass is 16.7. The van der Waals surface area contributed by atoms with Gasteiger partial charge >= 0.3 is 0 Å². The maximum absolute atomic E-state index is 9.12. The average Bonchev–Trinajstić information content (AvgIpc) is 2.08. The van der Waals surface area contributed by atoms with Gasteiger partial charge in [0.25, 0.3) is 0 Å². The van der Waals surface area contributed by atoms with Crippen molar-refractivity contribution in [1.29, 1.82) is 0 Å². The standard InChI is InChI=1S/C6H12O6/c7-1-2-3(8)4(9)5(10)6(11)12-2/h2-11H,1H2/i1+2. The predicted molar refractivity (Wildman–Crippen MR) is 36.0 cm³/mol. The summed E-state index contributed by atoms with van der Waals surface area (Å²) in [6.45, 7) is -0.526. The molecule has 1 aliphatic heterocycles. The molecule has 0 radical (unpaired) electrons. The minimum absolute atomic E-state index is 0.526. The molecule has 0 saturated carbocycles. The number of rotatable bonds is 1. The Hall–Kier alpha value is -0.240. The van der Waals surface area contributed by atoms with Gasteiger partial charge in [0, 0.05) is 0 Å². The van der Waals surface area contributed by atoms with Gasteiger partial charge in [-0.3, -0.25) is 0 Å². The maximum atomic E-state index is 9.12. The second-order valence-electron chi connectivity index (χ2n) is 2.72. The SMILES string of the molecule is O[14CH2]C1OC(O)C(O)C(O)C1O. The lowest BCUT2D eigenvalue weighted by Gasteiger charge is -2.37. The second-order valence-corrected chi connectivity index (χ2v) is 2.72. The van der Waals surface area contributed by atoms with Crippen molar-refractivity contribution in [2.75, 3.05) is 6.61 Å². The molecule has 72 valence electrons. The van der Waals surface area contributed by atoms with Crippen molar-refractivity contribution in [2.24, 2.45) is 0 Å². The first kappa shape index (κ1) is 9.85. The van der Waals surface area contributed by atoms with E-state index in [0.717, 1.165) is 0 Å². The fraction of sp³-hybridized carbons (Fsp3) is 1.00. The summed E-state index contributed by atoms with van der Waals surface area (Å²) >= 11 is 0. The van der Waals surface area contributed by atoms with Crippen LogP contribution in [0.15, 0.2) is 0 Å². The van der Waals surface area contributed by atoms with Crippen molar-refractivity contribution < 1.29 is 30.3 Å². The molecular weight excluding hydrogens is 170 g/mol. The molecule has 0 aromatic heterocycles. The summed E-state index contributed by atoms with van der Waals surface area (Å²) in [7, 11) is 0. The van der Waals surface area contributed by atoms with Crippen LogP contribution >= 0.6 is 0 Å². The Labute approximate surface area is 68.6 Å². The van der Waals surface area contributed by atoms with Gasteiger partial charge < -0.3 is 30.3 Å². The highest BCUT2D eigenvalue weighted by molar-refractivity contribution is 4.87. The van der Waals surface area contributed by atoms with E-state index in [-0.39, 0.29) is 0 Å². The topological polar surface area (TPSA) is 110 Å². The van der Waals surface area contributed by atoms with E-state index in [4.69, 9.17) is 25.5 Å². The van der Waals surface area contributed by atoms with Gasteiger partial charge in [-0.15, -0.1) is 0 Å². The summed E-state index contributed by atoms with van der Waals surface area (Å²) in [4.78, 5) is 0. The minimum atomic E-state index is -1.57. The summed E-state index contributed by atoms with van der Waals surface area (Å²) in [6.07, 6.45) is -7.04. The van der Waals surface area contributed by atoms with Crippen LogP contribution in [-0.4, -0.2) is 62.8 Å². The number of hydrogen-bond donors (Lipinski definition) is 5. The molecule has 12 heavy (non-hydrogen) atoms. The molecule has 1 aliphatic rings. The summed E-state index contributed by atoms with van der Waals surface area (Å²) in [5.41, 5.74) is 0. The normalized spacial score (nSPS) is 49.2. The van der Waals surface area contributed by atoms with Gasteiger partial charge in [-0.1, -0.05) is 0 Å². The zero-order chi connectivity index (χ0) is 9.30. The van der Waals surface area contributed by atoms with E-state index in [2.05, 4.69) is 4.74 Å². The fourth-order valence-corrected chi connectivity index (χ4v) is 1.08. The van der Waals surface area contributed by atoms with Gasteiger partial charge in [0.1, 0.15) is 24.4 Å². The molecular formula is C6H12O6. The molecule has 0 aromatic rings. The number of aliphatic hydroxyl groups is 5. The zero-order valence-electron chi connectivity index (χ0n) is 6.24. The van der Waals surface area contributed by atoms with Crippen molar-refractivity contribution in [3.8, 4) is 0 Å². The van der Waals surface area contributed by atoms with E-state index in [1.54, 1.807) is 0 Å². The van der Waals surface area contributed by atoms with Crippen LogP contribution in [0.25, 0.3) is 0 Å². The van der Waals surface area contributed by atoms with E-state index in [1.165, 1.54) is 0 Å². The summed E-state index contributed by atoms with van der Waals surface area (Å²) < 4.78 is 4.58. The van der Waals surface area contributed by atoms with Crippen LogP contribution in [0.5, 0.6) is 0 Å². The molecule has 0 amide bonds. The van der Waals surface area contributed by atoms with Crippen LogP contribution in [0.4, 0.5) is 0 Å². The first-order valence-electron chi connectivity index (χ1n) is 3.56. The van der Waals surface area contributed by atoms with Crippen LogP contribution in [0.1, 0.15) is 0 Å². The lowest BCUT2D eigenvalue weighted by atomic mass is 10.0. The summed E-state index contributed by atoms with van der Waals surface area (Å²) in [6, 6.07) is 0. The fourth-order valence-electron chi connectivity index (χ4n) is 1.08. The van der Waals surface area contributed by atoms with Crippen molar-refractivity contribution in [3.63, 3.8) is 0 Å². The third kappa shape index (κ3) is 1.58. The molecule has 0 aliphatic carbocycles. The van der Waals surface area contributed by atoms with E-state index >= 15 is 0 Å². The first-order valence-corrected chi connectivity index (χ1v) is 3.56. The van der Waals surface area contributed by atoms with Crippen LogP contribution < -0.4 is 0 Å². The van der Waals surface area contributed by atoms with Crippen LogP contribution in [0, 0.1) is 0 Å². The average molecular weight is 182 g/mol. The molecule has 6 nitrogen and oxygen atoms in total. The van der Waals surface area contributed by atoms with E-state index in [0.29, 0.717) is 0 Å². The second kappa shape index (κ2) is 3.65. The predicted octanol–water partition coefficient (Wildman–Crippen LogP) is -3.22. The highest BCUT2D eigenvalue weighted by Gasteiger charge is 2.42. The molecule has 6 heteroatoms. The first-order chi connectivity index (χ1) is 5.57. The van der Waals surface area contributed by atoms with Crippen LogP contribution in [-0.2, 0) is 4.74 Å². The molecule has 0 bridgehead atoms. The van der Waals surface area contributed by atoms with Gasteiger partial charge in [-0.2, -0.15) is 0 Å². The minimum Gasteiger partial charge on any atom is -0.394 e. The summed E-state index contributed by atoms with van der Waals surface area (Å²) in [5.74, 6) is 0. The third-order valence-electron chi connectivity index (χ3n) is 1.87. The highest BCUT2D eigenvalue weighted by Crippen LogP contribution is 2.18. The monoisotopic (exact) mass is 182 g/mol. The molecule has 1 fully saturated rings. The van der Waals surface area contributed by atoms with Gasteiger partial charge in [0.2, 0.25) is 0 Å². The van der Waals surface area contributed by atoms with Gasteiger partial charge in [-0.05, 0) is 0 Å². The maximum Gasteiger partial charge on any atom is 0.184 e. The molecule has 5 N–H and O–H groups in total. The molecule has 1 heterocycles. The zero-order valence-corrected chi connectivity index (χ0v) is 6.24. The smallest absolute Gasteiger partial charge is 0.184 e. The lowest BCUT2D eigenvalue weighted by molar-refractivity contribution is -0.286. The number of ether oxygens (including phenoxy) is 1. The molecule has 1 saturated heterocycles. The molecule has 0 spiro atoms. The lowest BCUT2D eigenvalue weighted by Crippen LogP contribution is -2.58. The molecule has 0 aromatic carbocycles. The van der Waals surface area contributed by atoms with Gasteiger partial charge in [0.15, 0.2) is 6.29 Å². The van der Waals surface area contributed by atoms with Crippen molar-refractivity contribution in [2.45, 2.75) is 30.7 Å². The van der Waals surface area contributed by atoms with Crippen molar-refractivity contribution >= 4 is 0 Å². The van der Waals surface area contributed by atoms with Crippen molar-refractivity contribution in [3.05, 3.63) is 0 Å². The molecule has 1 rings (SSSR count). The third-order valence-corrected chi connectivity index (χ3v) is 1.87. The Morgan fingerprint density at radius 2 is 1.50 bits per heavy atom. The van der Waals surface area contributed by atoms with E-state index in [9.17, 15) is 0 Å². The van der Waals surface area contributed by atoms with Crippen LogP contribution in [0.2, 0.25) is 0 Å². The van der Waals surface area contributed by atoms with Crippen molar-refractivity contribution in [1.82, 2.24) is 0 Å². The Morgan fingerprint density at radius 1 is 0.917 bits per heavy atom. The van der Waals surface area contributed by atoms with E-state index < -0.39 is 37.3 Å². The molecule has 5 unspecified atom stereocenters. The Balaban J connectivity index is 2.63. The Morgan fingerprint density at radius 3 is 2.00 bits per heavy atom. The Bertz CT molecular complexity index is 146. The van der Waals surface area contributed by atoms with Gasteiger partial charge in [-0.25, -0.2) is 0 Å². The van der Waals surface area contributed by atoms with Crippen LogP contribution in [0.3, 0.4) is 0 Å².